The number of guanidine groups is 2. The Morgan fingerprint density at radius 1 is 0.720 bits per heavy atom. The van der Waals surface area contributed by atoms with E-state index in [-0.39, 0.29) is 13.1 Å². The van der Waals surface area contributed by atoms with Crippen LogP contribution in [-0.4, -0.2) is 85.9 Å². The zero-order valence-electron chi connectivity index (χ0n) is 14.9. The zero-order valence-corrected chi connectivity index (χ0v) is 17.5. The molecule has 0 bridgehead atoms. The van der Waals surface area contributed by atoms with Crippen molar-refractivity contribution >= 4 is 43.5 Å². The average molecular weight is 427 g/mol. The van der Waals surface area contributed by atoms with Crippen molar-refractivity contribution in [1.82, 2.24) is 19.6 Å². The van der Waals surface area contributed by atoms with Crippen molar-refractivity contribution in [1.29, 1.82) is 0 Å². The van der Waals surface area contributed by atoms with Crippen LogP contribution in [0.5, 0.6) is 0 Å². The van der Waals surface area contributed by atoms with E-state index in [9.17, 15) is 0 Å². The number of likely N-dealkylation sites (N-methyl/N-ethyl adjacent to an activating group) is 4. The number of hydrogen-bond donors (Lipinski definition) is 0. The summed E-state index contributed by atoms with van der Waals surface area (Å²) in [5.74, 6) is 2.00. The van der Waals surface area contributed by atoms with E-state index in [2.05, 4.69) is 47.8 Å². The molecule has 2 fully saturated rings. The molecule has 0 radical (unpaired) electrons. The third-order valence-electron chi connectivity index (χ3n) is 4.23. The van der Waals surface area contributed by atoms with Gasteiger partial charge in [0.2, 0.25) is 11.9 Å². The summed E-state index contributed by atoms with van der Waals surface area (Å²) in [6, 6.07) is 8.09. The van der Waals surface area contributed by atoms with Crippen LogP contribution in [0, 0.1) is 0 Å². The molecular weight excluding hydrogens is 403 g/mol. The van der Waals surface area contributed by atoms with Crippen LogP contribution >= 0.6 is 20.2 Å². The van der Waals surface area contributed by atoms with Gasteiger partial charge in [-0.1, -0.05) is 12.1 Å². The fourth-order valence-electron chi connectivity index (χ4n) is 2.79. The van der Waals surface area contributed by atoms with Crippen molar-refractivity contribution in [3.63, 3.8) is 0 Å². The van der Waals surface area contributed by atoms with Gasteiger partial charge in [-0.25, -0.2) is 9.98 Å². The minimum atomic E-state index is 0.194. The van der Waals surface area contributed by atoms with Crippen LogP contribution in [0.1, 0.15) is 0 Å². The normalized spacial score (nSPS) is 17.2. The summed E-state index contributed by atoms with van der Waals surface area (Å²) in [5, 5.41) is 0. The number of halogens is 2. The van der Waals surface area contributed by atoms with Crippen molar-refractivity contribution in [2.45, 2.75) is 0 Å². The van der Waals surface area contributed by atoms with Gasteiger partial charge in [-0.3, -0.25) is 0 Å². The molecule has 2 saturated heterocycles. The molecule has 2 aliphatic rings. The second-order valence-electron chi connectivity index (χ2n) is 6.05. The standard InChI is InChI=1S/C16H24N6.2ClH.Fe/c1-19-9-10-20(2)15(19)17-13-7-5-6-8-14(13)18-16-21(3)11-12-22(16)4;;;/h5-8H,9-12H2,1-4H3;2*1H;/q;;;+2/p-2. The summed E-state index contributed by atoms with van der Waals surface area (Å²) < 4.78 is 0. The number of aliphatic imine (C=N–C) groups is 2. The Hall–Kier alpha value is -1.14. The van der Waals surface area contributed by atoms with Gasteiger partial charge >= 0.3 is 33.3 Å². The van der Waals surface area contributed by atoms with E-state index in [0.29, 0.717) is 0 Å². The molecule has 0 aliphatic carbocycles. The molecule has 9 heteroatoms. The van der Waals surface area contributed by atoms with Crippen LogP contribution in [0.4, 0.5) is 11.4 Å². The van der Waals surface area contributed by atoms with Crippen LogP contribution in [0.2, 0.25) is 0 Å². The number of benzene rings is 1. The van der Waals surface area contributed by atoms with Crippen molar-refractivity contribution < 1.29 is 13.1 Å². The molecule has 0 N–H and O–H groups in total. The Morgan fingerprint density at radius 2 is 1.00 bits per heavy atom. The zero-order chi connectivity index (χ0) is 18.4. The first-order chi connectivity index (χ1) is 12.0. The Labute approximate surface area is 164 Å². The van der Waals surface area contributed by atoms with E-state index in [1.54, 1.807) is 0 Å². The SMILES string of the molecule is CN1CCN(C)C1=Nc1ccccc1N=C1N(C)CCN1C.[Cl][Fe][Cl]. The quantitative estimate of drug-likeness (QED) is 0.681. The predicted molar refractivity (Wildman–Crippen MR) is 103 cm³/mol. The number of para-hydroxylation sites is 2. The predicted octanol–water partition coefficient (Wildman–Crippen LogP) is 2.79. The van der Waals surface area contributed by atoms with Crippen LogP contribution in [0.15, 0.2) is 34.3 Å². The molecule has 1 aromatic rings. The van der Waals surface area contributed by atoms with E-state index in [1.165, 1.54) is 0 Å². The van der Waals surface area contributed by atoms with Gasteiger partial charge in [0.15, 0.2) is 0 Å². The monoisotopic (exact) mass is 426 g/mol. The van der Waals surface area contributed by atoms with Crippen molar-refractivity contribution in [2.24, 2.45) is 9.98 Å². The number of nitrogens with zero attached hydrogens (tertiary/aromatic N) is 6. The molecule has 0 spiro atoms. The van der Waals surface area contributed by atoms with E-state index >= 15 is 0 Å². The van der Waals surface area contributed by atoms with Gasteiger partial charge < -0.3 is 19.6 Å². The van der Waals surface area contributed by atoms with Crippen molar-refractivity contribution in [2.75, 3.05) is 54.4 Å². The van der Waals surface area contributed by atoms with E-state index in [4.69, 9.17) is 30.2 Å². The van der Waals surface area contributed by atoms with E-state index in [1.807, 2.05) is 24.3 Å². The molecule has 1 aromatic carbocycles. The first-order valence-corrected chi connectivity index (χ1v) is 11.0. The van der Waals surface area contributed by atoms with Gasteiger partial charge in [0.05, 0.1) is 11.4 Å². The summed E-state index contributed by atoms with van der Waals surface area (Å²) in [4.78, 5) is 18.4. The van der Waals surface area contributed by atoms with Gasteiger partial charge in [-0.05, 0) is 12.1 Å². The summed E-state index contributed by atoms with van der Waals surface area (Å²) in [6.45, 7) is 4.05. The van der Waals surface area contributed by atoms with Crippen molar-refractivity contribution in [3.8, 4) is 0 Å². The second-order valence-corrected chi connectivity index (χ2v) is 7.87. The Kier molecular flexibility index (Phi) is 7.69. The summed E-state index contributed by atoms with van der Waals surface area (Å²) in [5.41, 5.74) is 1.83. The van der Waals surface area contributed by atoms with Crippen LogP contribution < -0.4 is 0 Å². The maximum atomic E-state index is 4.84. The molecule has 0 atom stereocenters. The Bertz CT molecular complexity index is 562. The number of rotatable bonds is 2. The molecule has 2 aliphatic heterocycles. The summed E-state index contributed by atoms with van der Waals surface area (Å²) in [7, 11) is 17.8. The molecule has 140 valence electrons. The second kappa shape index (κ2) is 9.53. The molecule has 0 amide bonds. The fraction of sp³-hybridized carbons (Fsp3) is 0.500. The Balaban J connectivity index is 0.000000701. The van der Waals surface area contributed by atoms with E-state index < -0.39 is 0 Å². The molecule has 25 heavy (non-hydrogen) atoms. The topological polar surface area (TPSA) is 37.7 Å². The summed E-state index contributed by atoms with van der Waals surface area (Å²) in [6.07, 6.45) is 0. The molecule has 2 heterocycles. The van der Waals surface area contributed by atoms with Gasteiger partial charge in [0.1, 0.15) is 0 Å². The molecule has 0 aromatic heterocycles. The fourth-order valence-corrected chi connectivity index (χ4v) is 2.79. The molecular formula is C16H24Cl2FeN6. The van der Waals surface area contributed by atoms with Gasteiger partial charge in [-0.15, -0.1) is 0 Å². The first-order valence-electron chi connectivity index (χ1n) is 7.94. The Morgan fingerprint density at radius 3 is 1.28 bits per heavy atom. The maximum absolute atomic E-state index is 4.84. The third kappa shape index (κ3) is 5.17. The molecule has 0 unspecified atom stereocenters. The summed E-state index contributed by atoms with van der Waals surface area (Å²) >= 11 is 0.194. The van der Waals surface area contributed by atoms with Crippen LogP contribution in [-0.2, 0) is 13.1 Å². The van der Waals surface area contributed by atoms with Gasteiger partial charge in [-0.2, -0.15) is 0 Å². The van der Waals surface area contributed by atoms with Crippen LogP contribution in [0.25, 0.3) is 0 Å². The molecule has 6 nitrogen and oxygen atoms in total. The molecule has 3 rings (SSSR count). The van der Waals surface area contributed by atoms with Gasteiger partial charge in [0.25, 0.3) is 0 Å². The van der Waals surface area contributed by atoms with E-state index in [0.717, 1.165) is 49.5 Å². The van der Waals surface area contributed by atoms with Crippen molar-refractivity contribution in [3.05, 3.63) is 24.3 Å². The minimum absolute atomic E-state index is 0.194. The molecule has 0 saturated carbocycles. The van der Waals surface area contributed by atoms with Gasteiger partial charge in [0, 0.05) is 54.4 Å². The number of hydrogen-bond acceptors (Lipinski definition) is 2. The average Bonchev–Trinajstić information content (AvgIpc) is 3.07. The van der Waals surface area contributed by atoms with Crippen LogP contribution in [0.3, 0.4) is 0 Å². The third-order valence-corrected chi connectivity index (χ3v) is 4.23. The first kappa shape index (κ1) is 20.2.